The van der Waals surface area contributed by atoms with E-state index in [-0.39, 0.29) is 0 Å². The Labute approximate surface area is 113 Å². The average molecular weight is 314 g/mol. The largest absolute Gasteiger partial charge is 0.435 e. The molecule has 0 aliphatic heterocycles. The van der Waals surface area contributed by atoms with Gasteiger partial charge in [-0.05, 0) is 46.6 Å². The van der Waals surface area contributed by atoms with Crippen LogP contribution in [0.3, 0.4) is 0 Å². The molecule has 88 valence electrons. The number of benzene rings is 1. The van der Waals surface area contributed by atoms with Gasteiger partial charge in [-0.1, -0.05) is 17.7 Å². The van der Waals surface area contributed by atoms with Crippen molar-refractivity contribution in [3.05, 3.63) is 45.5 Å². The standard InChI is InChI=1S/C12H10BrClN2O/c1-7-2-3-11(10(15)4-7)17-12-9(14)5-8(13)6-16-12/h2-6H,15H2,1H3. The van der Waals surface area contributed by atoms with Gasteiger partial charge >= 0.3 is 0 Å². The summed E-state index contributed by atoms with van der Waals surface area (Å²) in [5, 5.41) is 0.430. The van der Waals surface area contributed by atoms with Gasteiger partial charge in [-0.3, -0.25) is 0 Å². The average Bonchev–Trinajstić information content (AvgIpc) is 2.25. The molecule has 0 aliphatic rings. The minimum atomic E-state index is 0.338. The number of ether oxygens (including phenoxy) is 1. The summed E-state index contributed by atoms with van der Waals surface area (Å²) in [5.74, 6) is 0.887. The summed E-state index contributed by atoms with van der Waals surface area (Å²) in [7, 11) is 0. The van der Waals surface area contributed by atoms with Crippen molar-refractivity contribution in [3.63, 3.8) is 0 Å². The number of nitrogens with two attached hydrogens (primary N) is 1. The fourth-order valence-corrected chi connectivity index (χ4v) is 2.01. The molecular weight excluding hydrogens is 304 g/mol. The highest BCUT2D eigenvalue weighted by atomic mass is 79.9. The lowest BCUT2D eigenvalue weighted by Gasteiger charge is -2.09. The minimum absolute atomic E-state index is 0.338. The minimum Gasteiger partial charge on any atom is -0.435 e. The molecule has 2 aromatic rings. The molecule has 0 bridgehead atoms. The Bertz CT molecular complexity index is 511. The van der Waals surface area contributed by atoms with E-state index in [4.69, 9.17) is 22.1 Å². The molecule has 0 saturated heterocycles. The van der Waals surface area contributed by atoms with Crippen LogP contribution in [0.1, 0.15) is 5.56 Å². The number of nitrogens with zero attached hydrogens (tertiary/aromatic N) is 1. The molecule has 1 heterocycles. The normalized spacial score (nSPS) is 10.3. The summed E-state index contributed by atoms with van der Waals surface area (Å²) in [4.78, 5) is 4.08. The first kappa shape index (κ1) is 12.2. The van der Waals surface area contributed by atoms with E-state index in [0.29, 0.717) is 22.3 Å². The van der Waals surface area contributed by atoms with Gasteiger partial charge in [0.2, 0.25) is 5.88 Å². The highest BCUT2D eigenvalue weighted by molar-refractivity contribution is 9.10. The molecule has 0 radical (unpaired) electrons. The van der Waals surface area contributed by atoms with Crippen LogP contribution < -0.4 is 10.5 Å². The first-order chi connectivity index (χ1) is 8.06. The van der Waals surface area contributed by atoms with Gasteiger partial charge in [0.05, 0.1) is 5.69 Å². The zero-order chi connectivity index (χ0) is 12.4. The van der Waals surface area contributed by atoms with Crippen LogP contribution in [0.15, 0.2) is 34.9 Å². The van der Waals surface area contributed by atoms with Crippen LogP contribution in [0.2, 0.25) is 5.02 Å². The van der Waals surface area contributed by atoms with Crippen molar-refractivity contribution in [1.29, 1.82) is 0 Å². The lowest BCUT2D eigenvalue weighted by molar-refractivity contribution is 0.465. The van der Waals surface area contributed by atoms with E-state index >= 15 is 0 Å². The maximum atomic E-state index is 6.00. The van der Waals surface area contributed by atoms with Crippen LogP contribution in [0, 0.1) is 6.92 Å². The Morgan fingerprint density at radius 1 is 1.35 bits per heavy atom. The number of hydrogen-bond donors (Lipinski definition) is 1. The summed E-state index contributed by atoms with van der Waals surface area (Å²) in [6.07, 6.45) is 1.62. The van der Waals surface area contributed by atoms with Crippen LogP contribution in [0.4, 0.5) is 5.69 Å². The van der Waals surface area contributed by atoms with E-state index in [2.05, 4.69) is 20.9 Å². The monoisotopic (exact) mass is 312 g/mol. The molecule has 0 fully saturated rings. The van der Waals surface area contributed by atoms with Gasteiger partial charge in [-0.2, -0.15) is 0 Å². The van der Waals surface area contributed by atoms with Gasteiger partial charge in [0.1, 0.15) is 5.02 Å². The molecule has 2 rings (SSSR count). The van der Waals surface area contributed by atoms with Crippen molar-refractivity contribution >= 4 is 33.2 Å². The number of aryl methyl sites for hydroxylation is 1. The van der Waals surface area contributed by atoms with Crippen LogP contribution in [0.25, 0.3) is 0 Å². The second-order valence-electron chi connectivity index (χ2n) is 3.58. The SMILES string of the molecule is Cc1ccc(Oc2ncc(Br)cc2Cl)c(N)c1. The molecule has 0 saturated carbocycles. The van der Waals surface area contributed by atoms with Crippen LogP contribution in [0.5, 0.6) is 11.6 Å². The lowest BCUT2D eigenvalue weighted by atomic mass is 10.2. The number of aromatic nitrogens is 1. The van der Waals surface area contributed by atoms with E-state index in [1.165, 1.54) is 0 Å². The van der Waals surface area contributed by atoms with E-state index in [9.17, 15) is 0 Å². The van der Waals surface area contributed by atoms with Gasteiger partial charge in [-0.25, -0.2) is 4.98 Å². The molecule has 1 aromatic carbocycles. The van der Waals surface area contributed by atoms with E-state index < -0.39 is 0 Å². The second-order valence-corrected chi connectivity index (χ2v) is 4.91. The van der Waals surface area contributed by atoms with Crippen molar-refractivity contribution in [2.24, 2.45) is 0 Å². The Morgan fingerprint density at radius 2 is 2.12 bits per heavy atom. The third-order valence-corrected chi connectivity index (χ3v) is 2.85. The molecule has 2 N–H and O–H groups in total. The summed E-state index contributed by atoms with van der Waals surface area (Å²) in [6.45, 7) is 1.96. The number of halogens is 2. The highest BCUT2D eigenvalue weighted by Crippen LogP contribution is 2.32. The smallest absolute Gasteiger partial charge is 0.238 e. The van der Waals surface area contributed by atoms with Gasteiger partial charge in [0.25, 0.3) is 0 Å². The summed E-state index contributed by atoms with van der Waals surface area (Å²) >= 11 is 9.28. The number of pyridine rings is 1. The molecule has 0 aliphatic carbocycles. The Balaban J connectivity index is 2.31. The number of anilines is 1. The molecule has 1 aromatic heterocycles. The number of rotatable bonds is 2. The fourth-order valence-electron chi connectivity index (χ4n) is 1.34. The summed E-state index contributed by atoms with van der Waals surface area (Å²) < 4.78 is 6.36. The quantitative estimate of drug-likeness (QED) is 0.846. The summed E-state index contributed by atoms with van der Waals surface area (Å²) in [5.41, 5.74) is 7.48. The third kappa shape index (κ3) is 2.90. The van der Waals surface area contributed by atoms with Crippen molar-refractivity contribution in [3.8, 4) is 11.6 Å². The van der Waals surface area contributed by atoms with Crippen molar-refractivity contribution in [1.82, 2.24) is 4.98 Å². The first-order valence-corrected chi connectivity index (χ1v) is 6.08. The van der Waals surface area contributed by atoms with E-state index in [1.807, 2.05) is 19.1 Å². The molecule has 0 atom stereocenters. The Morgan fingerprint density at radius 3 is 2.76 bits per heavy atom. The zero-order valence-electron chi connectivity index (χ0n) is 9.08. The second kappa shape index (κ2) is 4.94. The summed E-state index contributed by atoms with van der Waals surface area (Å²) in [6, 6.07) is 7.26. The fraction of sp³-hybridized carbons (Fsp3) is 0.0833. The first-order valence-electron chi connectivity index (χ1n) is 4.91. The maximum absolute atomic E-state index is 6.00. The van der Waals surface area contributed by atoms with Crippen molar-refractivity contribution in [2.45, 2.75) is 6.92 Å². The predicted molar refractivity (Wildman–Crippen MR) is 72.6 cm³/mol. The third-order valence-electron chi connectivity index (χ3n) is 2.15. The molecule has 5 heteroatoms. The Hall–Kier alpha value is -1.26. The van der Waals surface area contributed by atoms with Gasteiger partial charge in [0.15, 0.2) is 5.75 Å². The van der Waals surface area contributed by atoms with E-state index in [1.54, 1.807) is 18.3 Å². The zero-order valence-corrected chi connectivity index (χ0v) is 11.4. The topological polar surface area (TPSA) is 48.1 Å². The molecule has 0 amide bonds. The van der Waals surface area contributed by atoms with E-state index in [0.717, 1.165) is 10.0 Å². The van der Waals surface area contributed by atoms with Crippen LogP contribution >= 0.6 is 27.5 Å². The van der Waals surface area contributed by atoms with Gasteiger partial charge in [0, 0.05) is 10.7 Å². The van der Waals surface area contributed by atoms with Crippen LogP contribution in [-0.2, 0) is 0 Å². The van der Waals surface area contributed by atoms with Crippen LogP contribution in [-0.4, -0.2) is 4.98 Å². The highest BCUT2D eigenvalue weighted by Gasteiger charge is 2.07. The molecule has 0 spiro atoms. The molecule has 17 heavy (non-hydrogen) atoms. The number of nitrogen functional groups attached to an aromatic ring is 1. The van der Waals surface area contributed by atoms with Crippen molar-refractivity contribution in [2.75, 3.05) is 5.73 Å². The molecule has 0 unspecified atom stereocenters. The maximum Gasteiger partial charge on any atom is 0.238 e. The molecule has 3 nitrogen and oxygen atoms in total. The predicted octanol–water partition coefficient (Wildman–Crippen LogP) is 4.18. The van der Waals surface area contributed by atoms with Gasteiger partial charge in [-0.15, -0.1) is 0 Å². The van der Waals surface area contributed by atoms with Crippen molar-refractivity contribution < 1.29 is 4.74 Å². The number of hydrogen-bond acceptors (Lipinski definition) is 3. The Kier molecular flexibility index (Phi) is 3.54. The molecular formula is C12H10BrClN2O. The lowest BCUT2D eigenvalue weighted by Crippen LogP contribution is -1.94. The van der Waals surface area contributed by atoms with Gasteiger partial charge < -0.3 is 10.5 Å².